The Hall–Kier alpha value is -1.62. The van der Waals surface area contributed by atoms with Gasteiger partial charge in [0.05, 0.1) is 11.2 Å². The molecule has 0 aliphatic rings. The molecule has 1 aromatic carbocycles. The van der Waals surface area contributed by atoms with E-state index in [9.17, 15) is 0 Å². The topological polar surface area (TPSA) is 33.4 Å². The van der Waals surface area contributed by atoms with Crippen molar-refractivity contribution >= 4 is 33.2 Å². The molecule has 0 amide bonds. The van der Waals surface area contributed by atoms with Crippen LogP contribution in [0.2, 0.25) is 0 Å². The fraction of sp³-hybridized carbons (Fsp3) is 0.200. The Morgan fingerprint density at radius 2 is 2.20 bits per heavy atom. The summed E-state index contributed by atoms with van der Waals surface area (Å²) in [6.45, 7) is 0. The van der Waals surface area contributed by atoms with Crippen LogP contribution in [0.3, 0.4) is 0 Å². The molecular weight excluding hydrogens is 208 g/mol. The van der Waals surface area contributed by atoms with Gasteiger partial charge in [0.1, 0.15) is 11.8 Å². The molecule has 15 heavy (non-hydrogen) atoms. The Bertz CT molecular complexity index is 622. The Balaban J connectivity index is 2.48. The molecule has 0 spiro atoms. The first-order valence-electron chi connectivity index (χ1n) is 4.66. The van der Waals surface area contributed by atoms with Gasteiger partial charge < -0.3 is 4.90 Å². The summed E-state index contributed by atoms with van der Waals surface area (Å²) in [5, 5.41) is 0. The van der Waals surface area contributed by atoms with E-state index in [-0.39, 0.29) is 0 Å². The Morgan fingerprint density at radius 3 is 3.00 bits per heavy atom. The summed E-state index contributed by atoms with van der Waals surface area (Å²) in [4.78, 5) is 7.59. The molecule has 0 saturated heterocycles. The standard InChI is InChI=1S/C10H10N4S/c1-13(2)7-4-3-5-8-9(7)12-10-14(8)6-11-15-10/h3-6H,1-2H3. The highest BCUT2D eigenvalue weighted by molar-refractivity contribution is 7.11. The van der Waals surface area contributed by atoms with Crippen molar-refractivity contribution in [1.82, 2.24) is 13.8 Å². The minimum Gasteiger partial charge on any atom is -0.376 e. The van der Waals surface area contributed by atoms with Crippen molar-refractivity contribution in [2.45, 2.75) is 0 Å². The van der Waals surface area contributed by atoms with Crippen molar-refractivity contribution in [1.29, 1.82) is 0 Å². The van der Waals surface area contributed by atoms with E-state index >= 15 is 0 Å². The molecule has 0 atom stereocenters. The molecule has 0 aliphatic heterocycles. The molecule has 76 valence electrons. The molecule has 0 N–H and O–H groups in total. The summed E-state index contributed by atoms with van der Waals surface area (Å²) in [6, 6.07) is 6.19. The fourth-order valence-corrected chi connectivity index (χ4v) is 2.34. The van der Waals surface area contributed by atoms with Crippen molar-refractivity contribution in [2.24, 2.45) is 0 Å². The van der Waals surface area contributed by atoms with Crippen molar-refractivity contribution < 1.29 is 0 Å². The molecule has 3 rings (SSSR count). The zero-order chi connectivity index (χ0) is 10.4. The highest BCUT2D eigenvalue weighted by Crippen LogP contribution is 2.26. The van der Waals surface area contributed by atoms with E-state index < -0.39 is 0 Å². The first kappa shape index (κ1) is 8.67. The number of nitrogens with zero attached hydrogens (tertiary/aromatic N) is 4. The van der Waals surface area contributed by atoms with Gasteiger partial charge in [-0.2, -0.15) is 4.37 Å². The lowest BCUT2D eigenvalue weighted by Gasteiger charge is -2.12. The molecule has 0 fully saturated rings. The summed E-state index contributed by atoms with van der Waals surface area (Å²) < 4.78 is 6.14. The summed E-state index contributed by atoms with van der Waals surface area (Å²) in [7, 11) is 4.06. The zero-order valence-corrected chi connectivity index (χ0v) is 9.32. The highest BCUT2D eigenvalue weighted by atomic mass is 32.1. The van der Waals surface area contributed by atoms with E-state index in [1.165, 1.54) is 11.5 Å². The van der Waals surface area contributed by atoms with Crippen molar-refractivity contribution in [3.8, 4) is 0 Å². The minimum atomic E-state index is 0.944. The molecule has 0 unspecified atom stereocenters. The van der Waals surface area contributed by atoms with Crippen molar-refractivity contribution in [3.05, 3.63) is 24.5 Å². The maximum Gasteiger partial charge on any atom is 0.214 e. The predicted octanol–water partition coefficient (Wildman–Crippen LogP) is 2.01. The number of imidazole rings is 1. The smallest absolute Gasteiger partial charge is 0.214 e. The number of fused-ring (bicyclic) bond motifs is 3. The van der Waals surface area contributed by atoms with Crippen LogP contribution in [-0.4, -0.2) is 27.9 Å². The number of anilines is 1. The van der Waals surface area contributed by atoms with Gasteiger partial charge in [-0.15, -0.1) is 0 Å². The van der Waals surface area contributed by atoms with Crippen LogP contribution in [0.15, 0.2) is 24.5 Å². The summed E-state index contributed by atoms with van der Waals surface area (Å²) in [6.07, 6.45) is 1.81. The molecule has 0 aliphatic carbocycles. The lowest BCUT2D eigenvalue weighted by molar-refractivity contribution is 1.14. The van der Waals surface area contributed by atoms with Crippen LogP contribution in [0, 0.1) is 0 Å². The second kappa shape index (κ2) is 2.93. The van der Waals surface area contributed by atoms with E-state index in [1.807, 2.05) is 30.9 Å². The normalized spacial score (nSPS) is 11.3. The van der Waals surface area contributed by atoms with Gasteiger partial charge in [-0.3, -0.25) is 4.40 Å². The minimum absolute atomic E-state index is 0.944. The molecular formula is C10H10N4S. The fourth-order valence-electron chi connectivity index (χ4n) is 1.74. The average Bonchev–Trinajstić information content (AvgIpc) is 2.75. The zero-order valence-electron chi connectivity index (χ0n) is 8.51. The van der Waals surface area contributed by atoms with Crippen molar-refractivity contribution in [2.75, 3.05) is 19.0 Å². The Kier molecular flexibility index (Phi) is 1.70. The van der Waals surface area contributed by atoms with E-state index in [4.69, 9.17) is 0 Å². The Morgan fingerprint density at radius 1 is 1.33 bits per heavy atom. The van der Waals surface area contributed by atoms with Crippen LogP contribution >= 0.6 is 11.5 Å². The SMILES string of the molecule is CN(C)c1cccc2c1nc1sncn12. The Labute approximate surface area is 90.9 Å². The lowest BCUT2D eigenvalue weighted by atomic mass is 10.2. The van der Waals surface area contributed by atoms with E-state index in [0.717, 1.165) is 21.7 Å². The lowest BCUT2D eigenvalue weighted by Crippen LogP contribution is -2.08. The van der Waals surface area contributed by atoms with Gasteiger partial charge >= 0.3 is 0 Å². The van der Waals surface area contributed by atoms with Crippen LogP contribution in [0.4, 0.5) is 5.69 Å². The van der Waals surface area contributed by atoms with Crippen LogP contribution < -0.4 is 4.90 Å². The van der Waals surface area contributed by atoms with Crippen molar-refractivity contribution in [3.63, 3.8) is 0 Å². The predicted molar refractivity (Wildman–Crippen MR) is 62.7 cm³/mol. The number of hydrogen-bond acceptors (Lipinski definition) is 4. The molecule has 4 nitrogen and oxygen atoms in total. The molecule has 3 aromatic rings. The summed E-state index contributed by atoms with van der Waals surface area (Å²) in [5.41, 5.74) is 3.30. The first-order valence-corrected chi connectivity index (χ1v) is 5.43. The number of para-hydroxylation sites is 1. The number of rotatable bonds is 1. The van der Waals surface area contributed by atoms with Crippen LogP contribution in [0.5, 0.6) is 0 Å². The molecule has 2 heterocycles. The quantitative estimate of drug-likeness (QED) is 0.626. The number of benzene rings is 1. The molecule has 0 radical (unpaired) electrons. The summed E-state index contributed by atoms with van der Waals surface area (Å²) >= 11 is 1.42. The highest BCUT2D eigenvalue weighted by Gasteiger charge is 2.10. The first-order chi connectivity index (χ1) is 7.27. The van der Waals surface area contributed by atoms with Gasteiger partial charge in [-0.25, -0.2) is 4.98 Å². The average molecular weight is 218 g/mol. The molecule has 0 saturated carbocycles. The van der Waals surface area contributed by atoms with Gasteiger partial charge in [-0.1, -0.05) is 6.07 Å². The molecule has 5 heteroatoms. The monoisotopic (exact) mass is 218 g/mol. The number of hydrogen-bond donors (Lipinski definition) is 0. The largest absolute Gasteiger partial charge is 0.376 e. The third-order valence-corrected chi connectivity index (χ3v) is 3.10. The summed E-state index contributed by atoms with van der Waals surface area (Å²) in [5.74, 6) is 0. The second-order valence-corrected chi connectivity index (χ2v) is 4.37. The number of aromatic nitrogens is 3. The maximum atomic E-state index is 4.57. The molecule has 0 bridgehead atoms. The second-order valence-electron chi connectivity index (χ2n) is 3.62. The van der Waals surface area contributed by atoms with E-state index in [0.29, 0.717) is 0 Å². The van der Waals surface area contributed by atoms with Crippen LogP contribution in [0.1, 0.15) is 0 Å². The van der Waals surface area contributed by atoms with E-state index in [2.05, 4.69) is 26.4 Å². The third kappa shape index (κ3) is 1.13. The molecule has 2 aromatic heterocycles. The van der Waals surface area contributed by atoms with Gasteiger partial charge in [0, 0.05) is 25.6 Å². The van der Waals surface area contributed by atoms with E-state index in [1.54, 1.807) is 0 Å². The van der Waals surface area contributed by atoms with Gasteiger partial charge in [-0.05, 0) is 12.1 Å². The third-order valence-electron chi connectivity index (χ3n) is 2.45. The van der Waals surface area contributed by atoms with Gasteiger partial charge in [0.15, 0.2) is 0 Å². The van der Waals surface area contributed by atoms with Gasteiger partial charge in [0.2, 0.25) is 4.96 Å². The maximum absolute atomic E-state index is 4.57. The van der Waals surface area contributed by atoms with Crippen LogP contribution in [-0.2, 0) is 0 Å². The van der Waals surface area contributed by atoms with Crippen LogP contribution in [0.25, 0.3) is 16.0 Å². The van der Waals surface area contributed by atoms with Gasteiger partial charge in [0.25, 0.3) is 0 Å².